The molecule has 2 heteroatoms. The zero-order valence-corrected chi connectivity index (χ0v) is 29.4. The molecule has 0 saturated carbocycles. The van der Waals surface area contributed by atoms with Gasteiger partial charge in [-0.2, -0.15) is 0 Å². The van der Waals surface area contributed by atoms with Gasteiger partial charge in [0.25, 0.3) is 0 Å². The van der Waals surface area contributed by atoms with Crippen LogP contribution in [0.5, 0.6) is 0 Å². The van der Waals surface area contributed by atoms with E-state index in [0.29, 0.717) is 22.3 Å². The lowest BCUT2D eigenvalue weighted by Crippen LogP contribution is -2.06. The summed E-state index contributed by atoms with van der Waals surface area (Å²) >= 11 is 0. The predicted octanol–water partition coefficient (Wildman–Crippen LogP) is 14.4. The Balaban J connectivity index is 1.20. The highest BCUT2D eigenvalue weighted by atomic mass is 16.3. The summed E-state index contributed by atoms with van der Waals surface area (Å²) in [7, 11) is 0. The molecular weight excluding hydrogens is 667 g/mol. The Hall–Kier alpha value is -7.16. The molecule has 0 amide bonds. The van der Waals surface area contributed by atoms with Gasteiger partial charge in [-0.15, -0.1) is 0 Å². The fourth-order valence-corrected chi connectivity index (χ4v) is 8.09. The lowest BCUT2D eigenvalue weighted by Gasteiger charge is -2.23. The molecular formula is C53H35NO. The van der Waals surface area contributed by atoms with Gasteiger partial charge in [0.05, 0.1) is 22.0 Å². The summed E-state index contributed by atoms with van der Waals surface area (Å²) in [5, 5.41) is 5.73. The number of furan rings is 1. The Bertz CT molecular complexity index is 3570. The highest BCUT2D eigenvalue weighted by Gasteiger charge is 2.22. The minimum atomic E-state index is -1.28. The molecule has 0 N–H and O–H groups in total. The molecule has 1 atom stereocenters. The Morgan fingerprint density at radius 1 is 0.436 bits per heavy atom. The third kappa shape index (κ3) is 5.18. The number of rotatable bonds is 6. The second-order valence-electron chi connectivity index (χ2n) is 13.8. The summed E-state index contributed by atoms with van der Waals surface area (Å²) in [5.74, 6) is -1.28. The third-order valence-corrected chi connectivity index (χ3v) is 10.7. The number of nitrogens with zero attached hydrogens (tertiary/aromatic N) is 1. The van der Waals surface area contributed by atoms with Crippen molar-refractivity contribution in [1.29, 1.82) is 0 Å². The minimum Gasteiger partial charge on any atom is -0.455 e. The molecule has 1 unspecified atom stereocenters. The first kappa shape index (κ1) is 24.2. The molecule has 2 aromatic heterocycles. The molecule has 0 aliphatic rings. The largest absolute Gasteiger partial charge is 0.455 e. The Labute approximate surface area is 330 Å². The van der Waals surface area contributed by atoms with Crippen molar-refractivity contribution in [2.75, 3.05) is 0 Å². The van der Waals surface area contributed by atoms with E-state index in [4.69, 9.17) is 4.42 Å². The molecule has 0 aliphatic heterocycles. The molecule has 0 radical (unpaired) electrons. The number of benzene rings is 9. The molecule has 9 aromatic carbocycles. The van der Waals surface area contributed by atoms with E-state index in [0.717, 1.165) is 54.5 Å². The van der Waals surface area contributed by atoms with Gasteiger partial charge in [0.2, 0.25) is 0 Å². The van der Waals surface area contributed by atoms with Crippen molar-refractivity contribution in [2.45, 2.75) is 5.92 Å². The second-order valence-corrected chi connectivity index (χ2v) is 13.8. The summed E-state index contributed by atoms with van der Waals surface area (Å²) in [4.78, 5) is 0. The molecule has 11 aromatic rings. The first-order valence-corrected chi connectivity index (χ1v) is 18.3. The van der Waals surface area contributed by atoms with E-state index < -0.39 is 5.92 Å². The fourth-order valence-electron chi connectivity index (χ4n) is 8.09. The summed E-state index contributed by atoms with van der Waals surface area (Å²) in [6.07, 6.45) is 0. The third-order valence-electron chi connectivity index (χ3n) is 10.7. The molecule has 2 heterocycles. The topological polar surface area (TPSA) is 18.1 Å². The van der Waals surface area contributed by atoms with Gasteiger partial charge in [0.15, 0.2) is 0 Å². The monoisotopic (exact) mass is 709 g/mol. The van der Waals surface area contributed by atoms with E-state index in [2.05, 4.69) is 12.1 Å². The normalized spacial score (nSPS) is 14.3. The Morgan fingerprint density at radius 2 is 1.04 bits per heavy atom. The number of hydrogen-bond acceptors (Lipinski definition) is 1. The molecule has 0 fully saturated rings. The van der Waals surface area contributed by atoms with E-state index in [1.165, 1.54) is 0 Å². The van der Waals surface area contributed by atoms with Crippen LogP contribution in [0, 0.1) is 0 Å². The first-order valence-electron chi connectivity index (χ1n) is 22.3. The highest BCUT2D eigenvalue weighted by Crippen LogP contribution is 2.42. The summed E-state index contributed by atoms with van der Waals surface area (Å²) < 4.78 is 85.3. The smallest absolute Gasteiger partial charge is 0.143 e. The van der Waals surface area contributed by atoms with Crippen molar-refractivity contribution in [3.05, 3.63) is 223 Å². The maximum absolute atomic E-state index is 9.82. The Morgan fingerprint density at radius 3 is 1.78 bits per heavy atom. The van der Waals surface area contributed by atoms with Gasteiger partial charge >= 0.3 is 0 Å². The van der Waals surface area contributed by atoms with Gasteiger partial charge in [-0.3, -0.25) is 0 Å². The van der Waals surface area contributed by atoms with Crippen molar-refractivity contribution >= 4 is 54.5 Å². The molecule has 0 spiro atoms. The standard InChI is InChI=1S/C53H35NO/c1-2-12-35(13-3-1)36-22-24-38(25-23-36)52(39-26-30-41(31-27-39)54-49-20-10-8-17-44(49)45-18-9-11-21-50(45)54)47-19-7-6-15-42(47)40-29-32-46-48-33-28-37-14-4-5-16-43(37)53(48)55-51(46)34-40/h1-34,52H/i22D,23D,24D,25D,26D,27D,30D,31D. The average molecular weight is 710 g/mol. The van der Waals surface area contributed by atoms with Gasteiger partial charge in [0.1, 0.15) is 11.2 Å². The summed E-state index contributed by atoms with van der Waals surface area (Å²) in [5.41, 5.74) is 5.29. The van der Waals surface area contributed by atoms with Crippen LogP contribution in [0.3, 0.4) is 0 Å². The quantitative estimate of drug-likeness (QED) is 0.157. The molecule has 2 nitrogen and oxygen atoms in total. The van der Waals surface area contributed by atoms with E-state index >= 15 is 0 Å². The lowest BCUT2D eigenvalue weighted by atomic mass is 9.81. The van der Waals surface area contributed by atoms with E-state index in [1.54, 1.807) is 41.0 Å². The molecule has 0 bridgehead atoms. The van der Waals surface area contributed by atoms with Crippen molar-refractivity contribution in [2.24, 2.45) is 0 Å². The zero-order valence-electron chi connectivity index (χ0n) is 37.4. The lowest BCUT2D eigenvalue weighted by molar-refractivity contribution is 0.673. The van der Waals surface area contributed by atoms with Crippen LogP contribution >= 0.6 is 0 Å². The van der Waals surface area contributed by atoms with Crippen LogP contribution in [0.2, 0.25) is 0 Å². The van der Waals surface area contributed by atoms with Gasteiger partial charge in [-0.1, -0.05) is 164 Å². The van der Waals surface area contributed by atoms with Crippen LogP contribution in [-0.2, 0) is 0 Å². The Kier molecular flexibility index (Phi) is 5.62. The SMILES string of the molecule is [2H]c1c([2H])c(C(c2ccccc2-c2ccc3c(c2)oc2c4ccccc4ccc32)c2c([2H])c([2H])c(-n3c4ccccc4c4ccccc43)c([2H])c2[2H])c([2H])c([2H])c1-c1ccccc1. The summed E-state index contributed by atoms with van der Waals surface area (Å²) in [6, 6.07) is 47.1. The van der Waals surface area contributed by atoms with Crippen LogP contribution in [0.15, 0.2) is 210 Å². The van der Waals surface area contributed by atoms with Gasteiger partial charge < -0.3 is 8.98 Å². The maximum atomic E-state index is 9.82. The van der Waals surface area contributed by atoms with Crippen molar-refractivity contribution in [1.82, 2.24) is 4.57 Å². The van der Waals surface area contributed by atoms with Gasteiger partial charge in [-0.25, -0.2) is 0 Å². The van der Waals surface area contributed by atoms with Crippen molar-refractivity contribution in [3.8, 4) is 27.9 Å². The number of para-hydroxylation sites is 2. The fraction of sp³-hybridized carbons (Fsp3) is 0.0189. The molecule has 11 rings (SSSR count). The first-order chi connectivity index (χ1) is 30.6. The molecule has 0 saturated heterocycles. The zero-order chi connectivity index (χ0) is 43.3. The van der Waals surface area contributed by atoms with Gasteiger partial charge in [-0.05, 0) is 86.7 Å². The van der Waals surface area contributed by atoms with Gasteiger partial charge in [0, 0.05) is 38.5 Å². The predicted molar refractivity (Wildman–Crippen MR) is 230 cm³/mol. The molecule has 55 heavy (non-hydrogen) atoms. The highest BCUT2D eigenvalue weighted by molar-refractivity contribution is 6.15. The van der Waals surface area contributed by atoms with Crippen LogP contribution in [-0.4, -0.2) is 4.57 Å². The van der Waals surface area contributed by atoms with Crippen molar-refractivity contribution in [3.63, 3.8) is 0 Å². The van der Waals surface area contributed by atoms with Crippen molar-refractivity contribution < 1.29 is 15.4 Å². The second kappa shape index (κ2) is 12.8. The van der Waals surface area contributed by atoms with E-state index in [9.17, 15) is 11.0 Å². The van der Waals surface area contributed by atoms with Crippen LogP contribution in [0.1, 0.15) is 33.6 Å². The summed E-state index contributed by atoms with van der Waals surface area (Å²) in [6.45, 7) is 0. The molecule has 258 valence electrons. The number of aromatic nitrogens is 1. The number of fused-ring (bicyclic) bond motifs is 8. The maximum Gasteiger partial charge on any atom is 0.143 e. The van der Waals surface area contributed by atoms with Crippen LogP contribution < -0.4 is 0 Å². The average Bonchev–Trinajstić information content (AvgIpc) is 3.86. The van der Waals surface area contributed by atoms with E-state index in [-0.39, 0.29) is 70.7 Å². The van der Waals surface area contributed by atoms with Crippen LogP contribution in [0.25, 0.3) is 82.5 Å². The minimum absolute atomic E-state index is 0.0566. The number of hydrogen-bond donors (Lipinski definition) is 0. The van der Waals surface area contributed by atoms with E-state index in [1.807, 2.05) is 109 Å². The van der Waals surface area contributed by atoms with Crippen LogP contribution in [0.4, 0.5) is 0 Å². The molecule has 0 aliphatic carbocycles.